The Labute approximate surface area is 190 Å². The molecule has 0 radical (unpaired) electrons. The molecule has 174 valence electrons. The lowest BCUT2D eigenvalue weighted by molar-refractivity contribution is -0.137. The number of alkyl halides is 3. The molecule has 1 aliphatic heterocycles. The number of unbranched alkanes of at least 4 members (excludes halogenated alkanes) is 1. The summed E-state index contributed by atoms with van der Waals surface area (Å²) in [5.41, 5.74) is -0.601. The zero-order valence-electron chi connectivity index (χ0n) is 18.1. The molecule has 2 aromatic carbocycles. The molecule has 2 atom stereocenters. The van der Waals surface area contributed by atoms with Crippen molar-refractivity contribution in [3.05, 3.63) is 59.2 Å². The standard InChI is InChI=1S/C24H24F3N3O3/c1-2-3-10-31-16-23-30(19-7-6-18(13-29)22(11-19)24(25,26)27)14-21(33-23)15-32-20-8-4-17(12-28)5-9-20/h4-9,11,21,23H,2-3,10,14-16H2,1H3/t21-,23+/m0/s1. The fourth-order valence-corrected chi connectivity index (χ4v) is 3.46. The average Bonchev–Trinajstić information content (AvgIpc) is 3.23. The Morgan fingerprint density at radius 2 is 1.85 bits per heavy atom. The van der Waals surface area contributed by atoms with Gasteiger partial charge < -0.3 is 19.1 Å². The van der Waals surface area contributed by atoms with Crippen molar-refractivity contribution in [1.29, 1.82) is 10.5 Å². The number of halogens is 3. The second-order valence-electron chi connectivity index (χ2n) is 7.58. The number of hydrogen-bond acceptors (Lipinski definition) is 6. The van der Waals surface area contributed by atoms with Gasteiger partial charge in [0.25, 0.3) is 0 Å². The van der Waals surface area contributed by atoms with Crippen LogP contribution in [0.4, 0.5) is 18.9 Å². The van der Waals surface area contributed by atoms with E-state index in [0.717, 1.165) is 18.9 Å². The minimum Gasteiger partial charge on any atom is -0.491 e. The highest BCUT2D eigenvalue weighted by molar-refractivity contribution is 5.55. The summed E-state index contributed by atoms with van der Waals surface area (Å²) in [6.45, 7) is 3.22. The van der Waals surface area contributed by atoms with Crippen LogP contribution < -0.4 is 9.64 Å². The third kappa shape index (κ3) is 6.38. The van der Waals surface area contributed by atoms with Crippen molar-refractivity contribution in [2.75, 3.05) is 31.3 Å². The molecule has 1 fully saturated rings. The van der Waals surface area contributed by atoms with E-state index in [1.165, 1.54) is 12.1 Å². The minimum absolute atomic E-state index is 0.177. The van der Waals surface area contributed by atoms with Gasteiger partial charge in [-0.25, -0.2) is 0 Å². The van der Waals surface area contributed by atoms with E-state index in [-0.39, 0.29) is 13.2 Å². The monoisotopic (exact) mass is 459 g/mol. The third-order valence-electron chi connectivity index (χ3n) is 5.18. The average molecular weight is 459 g/mol. The van der Waals surface area contributed by atoms with Crippen molar-refractivity contribution in [3.8, 4) is 17.9 Å². The van der Waals surface area contributed by atoms with Gasteiger partial charge in [0.15, 0.2) is 6.23 Å². The predicted molar refractivity (Wildman–Crippen MR) is 115 cm³/mol. The van der Waals surface area contributed by atoms with Crippen LogP contribution in [0.15, 0.2) is 42.5 Å². The molecule has 1 saturated heterocycles. The molecule has 1 heterocycles. The van der Waals surface area contributed by atoms with Crippen molar-refractivity contribution >= 4 is 5.69 Å². The van der Waals surface area contributed by atoms with Crippen LogP contribution in [0.2, 0.25) is 0 Å². The Bertz CT molecular complexity index is 1010. The Kier molecular flexibility index (Phi) is 8.16. The largest absolute Gasteiger partial charge is 0.491 e. The molecule has 0 N–H and O–H groups in total. The van der Waals surface area contributed by atoms with Gasteiger partial charge in [-0.2, -0.15) is 23.7 Å². The third-order valence-corrected chi connectivity index (χ3v) is 5.18. The summed E-state index contributed by atoms with van der Waals surface area (Å²) >= 11 is 0. The SMILES string of the molecule is CCCCOC[C@H]1O[C@H](COc2ccc(C#N)cc2)CN1c1ccc(C#N)c(C(F)(F)F)c1. The predicted octanol–water partition coefficient (Wildman–Crippen LogP) is 4.88. The van der Waals surface area contributed by atoms with Crippen molar-refractivity contribution in [1.82, 2.24) is 0 Å². The second kappa shape index (κ2) is 11.0. The zero-order valence-corrected chi connectivity index (χ0v) is 18.1. The molecule has 0 saturated carbocycles. The van der Waals surface area contributed by atoms with E-state index < -0.39 is 29.6 Å². The van der Waals surface area contributed by atoms with Crippen molar-refractivity contribution in [2.24, 2.45) is 0 Å². The molecule has 0 bridgehead atoms. The van der Waals surface area contributed by atoms with Crippen molar-refractivity contribution in [2.45, 2.75) is 38.3 Å². The molecule has 1 aliphatic rings. The fraction of sp³-hybridized carbons (Fsp3) is 0.417. The van der Waals surface area contributed by atoms with E-state index >= 15 is 0 Å². The Morgan fingerprint density at radius 1 is 1.09 bits per heavy atom. The number of nitrogens with zero attached hydrogens (tertiary/aromatic N) is 3. The van der Waals surface area contributed by atoms with Crippen LogP contribution in [0.3, 0.4) is 0 Å². The van der Waals surface area contributed by atoms with Crippen LogP contribution in [0.25, 0.3) is 0 Å². The second-order valence-corrected chi connectivity index (χ2v) is 7.58. The minimum atomic E-state index is -4.65. The highest BCUT2D eigenvalue weighted by atomic mass is 19.4. The Hall–Kier alpha value is -3.27. The van der Waals surface area contributed by atoms with Gasteiger partial charge in [0.2, 0.25) is 0 Å². The molecule has 6 nitrogen and oxygen atoms in total. The lowest BCUT2D eigenvalue weighted by Crippen LogP contribution is -2.34. The van der Waals surface area contributed by atoms with Gasteiger partial charge in [0.05, 0.1) is 42.0 Å². The maximum Gasteiger partial charge on any atom is 0.417 e. The molecule has 9 heteroatoms. The molecule has 33 heavy (non-hydrogen) atoms. The van der Waals surface area contributed by atoms with Gasteiger partial charge in [-0.1, -0.05) is 13.3 Å². The number of rotatable bonds is 9. The van der Waals surface area contributed by atoms with Gasteiger partial charge in [0, 0.05) is 12.3 Å². The van der Waals surface area contributed by atoms with Crippen LogP contribution in [0.1, 0.15) is 36.5 Å². The molecule has 0 spiro atoms. The number of anilines is 1. The highest BCUT2D eigenvalue weighted by Crippen LogP contribution is 2.36. The molecular weight excluding hydrogens is 435 g/mol. The molecule has 0 unspecified atom stereocenters. The van der Waals surface area contributed by atoms with Crippen LogP contribution in [-0.4, -0.2) is 38.7 Å². The van der Waals surface area contributed by atoms with E-state index in [4.69, 9.17) is 24.7 Å². The van der Waals surface area contributed by atoms with Crippen molar-refractivity contribution < 1.29 is 27.4 Å². The van der Waals surface area contributed by atoms with E-state index in [9.17, 15) is 13.2 Å². The quantitative estimate of drug-likeness (QED) is 0.498. The van der Waals surface area contributed by atoms with Gasteiger partial charge in [-0.05, 0) is 48.9 Å². The van der Waals surface area contributed by atoms with E-state index in [0.29, 0.717) is 30.2 Å². The fourth-order valence-electron chi connectivity index (χ4n) is 3.46. The molecule has 2 aromatic rings. The normalized spacial score (nSPS) is 18.1. The van der Waals surface area contributed by atoms with Gasteiger partial charge in [-0.3, -0.25) is 0 Å². The summed E-state index contributed by atoms with van der Waals surface area (Å²) in [7, 11) is 0. The van der Waals surface area contributed by atoms with Gasteiger partial charge in [0.1, 0.15) is 18.5 Å². The molecular formula is C24H24F3N3O3. The van der Waals surface area contributed by atoms with Gasteiger partial charge in [-0.15, -0.1) is 0 Å². The number of ether oxygens (including phenoxy) is 3. The van der Waals surface area contributed by atoms with E-state index in [2.05, 4.69) is 0 Å². The summed E-state index contributed by atoms with van der Waals surface area (Å²) in [6.07, 6.45) is -3.82. The molecule has 0 amide bonds. The first-order chi connectivity index (χ1) is 15.9. The van der Waals surface area contributed by atoms with E-state index in [1.54, 1.807) is 35.2 Å². The molecule has 0 aromatic heterocycles. The Balaban J connectivity index is 1.75. The molecule has 0 aliphatic carbocycles. The maximum absolute atomic E-state index is 13.5. The lowest BCUT2D eigenvalue weighted by Gasteiger charge is -2.26. The first-order valence-corrected chi connectivity index (χ1v) is 10.6. The topological polar surface area (TPSA) is 78.5 Å². The number of hydrogen-bond donors (Lipinski definition) is 0. The first kappa shape index (κ1) is 24.4. The first-order valence-electron chi connectivity index (χ1n) is 10.6. The van der Waals surface area contributed by atoms with Crippen LogP contribution in [0, 0.1) is 22.7 Å². The highest BCUT2D eigenvalue weighted by Gasteiger charge is 2.37. The van der Waals surface area contributed by atoms with Crippen LogP contribution in [0.5, 0.6) is 5.75 Å². The summed E-state index contributed by atoms with van der Waals surface area (Å²) in [5.74, 6) is 0.560. The maximum atomic E-state index is 13.5. The lowest BCUT2D eigenvalue weighted by atomic mass is 10.1. The van der Waals surface area contributed by atoms with Crippen molar-refractivity contribution in [3.63, 3.8) is 0 Å². The summed E-state index contributed by atoms with van der Waals surface area (Å²) in [4.78, 5) is 1.70. The van der Waals surface area contributed by atoms with E-state index in [1.807, 2.05) is 13.0 Å². The smallest absolute Gasteiger partial charge is 0.417 e. The summed E-state index contributed by atoms with van der Waals surface area (Å²) in [6, 6.07) is 13.9. The molecule has 3 rings (SSSR count). The number of nitriles is 2. The zero-order chi connectivity index (χ0) is 23.8. The summed E-state index contributed by atoms with van der Waals surface area (Å²) in [5, 5.41) is 18.0. The van der Waals surface area contributed by atoms with Crippen LogP contribution >= 0.6 is 0 Å². The summed E-state index contributed by atoms with van der Waals surface area (Å²) < 4.78 is 57.8. The Morgan fingerprint density at radius 3 is 2.48 bits per heavy atom. The number of benzene rings is 2. The van der Waals surface area contributed by atoms with Gasteiger partial charge >= 0.3 is 6.18 Å². The van der Waals surface area contributed by atoms with Crippen LogP contribution in [-0.2, 0) is 15.7 Å².